The van der Waals surface area contributed by atoms with Crippen LogP contribution in [0.25, 0.3) is 0 Å². The van der Waals surface area contributed by atoms with Crippen LogP contribution >= 0.6 is 0 Å². The molecule has 0 spiro atoms. The molecule has 0 saturated carbocycles. The molecule has 340 valence electrons. The van der Waals surface area contributed by atoms with Gasteiger partial charge in [0, 0.05) is 0 Å². The summed E-state index contributed by atoms with van der Waals surface area (Å²) in [6.45, 7) is 1.60. The summed E-state index contributed by atoms with van der Waals surface area (Å²) in [4.78, 5) is 0. The Morgan fingerprint density at radius 2 is 0.646 bits per heavy atom. The summed E-state index contributed by atoms with van der Waals surface area (Å²) in [5.41, 5.74) is 5.67. The van der Waals surface area contributed by atoms with Crippen LogP contribution in [-0.2, 0) is 82.3 Å². The van der Waals surface area contributed by atoms with Crippen molar-refractivity contribution in [1.82, 2.24) is 0 Å². The molecule has 8 rings (SSSR count). The van der Waals surface area contributed by atoms with Crippen molar-refractivity contribution in [2.75, 3.05) is 13.2 Å². The van der Waals surface area contributed by atoms with Crippen molar-refractivity contribution in [2.45, 2.75) is 101 Å². The predicted octanol–water partition coefficient (Wildman–Crippen LogP) is 7.95. The molecule has 10 atom stereocenters. The van der Waals surface area contributed by atoms with Gasteiger partial charge in [0.05, 0.1) is 52.9 Å². The molecule has 6 aromatic rings. The molecule has 0 amide bonds. The lowest BCUT2D eigenvalue weighted by Gasteiger charge is -2.48. The minimum atomic E-state index is -1.54. The Hall–Kier alpha value is -5.12. The second-order valence-electron chi connectivity index (χ2n) is 16.2. The first-order chi connectivity index (χ1) is 32.1. The minimum Gasteiger partial charge on any atom is -0.385 e. The summed E-state index contributed by atoms with van der Waals surface area (Å²) in [6.07, 6.45) is -10.6. The third-order valence-electron chi connectivity index (χ3n) is 11.4. The van der Waals surface area contributed by atoms with Gasteiger partial charge in [-0.3, -0.25) is 0 Å². The molecular weight excluding hydrogens is 825 g/mol. The van der Waals surface area contributed by atoms with Gasteiger partial charge in [0.15, 0.2) is 12.6 Å². The quantitative estimate of drug-likeness (QED) is 0.0691. The number of rotatable bonds is 22. The molecule has 2 saturated heterocycles. The van der Waals surface area contributed by atoms with Gasteiger partial charge in [-0.05, 0) is 33.4 Å². The maximum Gasteiger partial charge on any atom is 0.187 e. The Morgan fingerprint density at radius 1 is 0.338 bits per heavy atom. The van der Waals surface area contributed by atoms with E-state index in [1.165, 1.54) is 0 Å². The highest BCUT2D eigenvalue weighted by atomic mass is 16.7. The molecule has 0 aromatic heterocycles. The third-order valence-corrected chi connectivity index (χ3v) is 11.4. The molecule has 0 unspecified atom stereocenters. The average Bonchev–Trinajstić information content (AvgIpc) is 3.35. The zero-order chi connectivity index (χ0) is 44.5. The molecule has 2 aliphatic rings. The summed E-state index contributed by atoms with van der Waals surface area (Å²) in [7, 11) is 0. The zero-order valence-corrected chi connectivity index (χ0v) is 36.3. The van der Waals surface area contributed by atoms with Crippen LogP contribution in [-0.4, -0.2) is 84.8 Å². The van der Waals surface area contributed by atoms with Crippen molar-refractivity contribution in [3.8, 4) is 0 Å². The molecule has 2 heterocycles. The molecule has 65 heavy (non-hydrogen) atoms. The molecule has 0 aliphatic carbocycles. The van der Waals surface area contributed by atoms with E-state index in [-0.39, 0.29) is 39.6 Å². The van der Waals surface area contributed by atoms with E-state index in [1.807, 2.05) is 182 Å². The molecule has 11 nitrogen and oxygen atoms in total. The van der Waals surface area contributed by atoms with Crippen LogP contribution in [0.3, 0.4) is 0 Å². The monoisotopic (exact) mass is 882 g/mol. The van der Waals surface area contributed by atoms with Crippen LogP contribution in [0.2, 0.25) is 0 Å². The topological polar surface area (TPSA) is 124 Å². The first-order valence-electron chi connectivity index (χ1n) is 22.3. The summed E-state index contributed by atoms with van der Waals surface area (Å²) in [5, 5.41) is 24.4. The number of hydrogen-bond donors (Lipinski definition) is 2. The van der Waals surface area contributed by atoms with Crippen molar-refractivity contribution < 1.29 is 52.8 Å². The number of aliphatic hydroxyl groups is 2. The van der Waals surface area contributed by atoms with Gasteiger partial charge in [-0.15, -0.1) is 0 Å². The van der Waals surface area contributed by atoms with Gasteiger partial charge in [0.25, 0.3) is 0 Å². The van der Waals surface area contributed by atoms with Crippen molar-refractivity contribution in [3.63, 3.8) is 0 Å². The van der Waals surface area contributed by atoms with Gasteiger partial charge < -0.3 is 52.8 Å². The van der Waals surface area contributed by atoms with E-state index in [0.717, 1.165) is 33.4 Å². The fourth-order valence-electron chi connectivity index (χ4n) is 8.05. The summed E-state index contributed by atoms with van der Waals surface area (Å²) in [5.74, 6) is 0. The molecule has 11 heteroatoms. The SMILES string of the molecule is O[C@@H]1[C@H](O[C@@H]2[C@@H](OCc3ccccc3)[C@H](OCc3ccccc3)[C@@H](COCc3ccccc3)O[C@H]2O)O[C@H](COCc2ccccc2)[C@@H](OCc2ccccc2)[C@@H]1OCc1ccccc1. The first-order valence-corrected chi connectivity index (χ1v) is 22.3. The Labute approximate surface area is 381 Å². The maximum absolute atomic E-state index is 12.4. The maximum atomic E-state index is 12.4. The van der Waals surface area contributed by atoms with Crippen LogP contribution in [0.4, 0.5) is 0 Å². The van der Waals surface area contributed by atoms with E-state index in [1.54, 1.807) is 0 Å². The van der Waals surface area contributed by atoms with E-state index in [0.29, 0.717) is 13.2 Å². The van der Waals surface area contributed by atoms with Crippen LogP contribution in [0.1, 0.15) is 33.4 Å². The van der Waals surface area contributed by atoms with Gasteiger partial charge >= 0.3 is 0 Å². The molecule has 0 radical (unpaired) electrons. The highest BCUT2D eigenvalue weighted by Crippen LogP contribution is 2.35. The number of ether oxygens (including phenoxy) is 9. The smallest absolute Gasteiger partial charge is 0.187 e. The molecule has 6 aromatic carbocycles. The minimum absolute atomic E-state index is 0.0768. The highest BCUT2D eigenvalue weighted by molar-refractivity contribution is 5.18. The second-order valence-corrected chi connectivity index (χ2v) is 16.2. The van der Waals surface area contributed by atoms with E-state index < -0.39 is 61.4 Å². The van der Waals surface area contributed by atoms with Crippen molar-refractivity contribution in [2.24, 2.45) is 0 Å². The van der Waals surface area contributed by atoms with Gasteiger partial charge in [0.2, 0.25) is 0 Å². The fourth-order valence-corrected chi connectivity index (χ4v) is 8.05. The van der Waals surface area contributed by atoms with E-state index in [2.05, 4.69) is 0 Å². The largest absolute Gasteiger partial charge is 0.385 e. The Kier molecular flexibility index (Phi) is 17.4. The van der Waals surface area contributed by atoms with Gasteiger partial charge in [-0.2, -0.15) is 0 Å². The van der Waals surface area contributed by atoms with Crippen LogP contribution in [0, 0.1) is 0 Å². The third kappa shape index (κ3) is 13.5. The van der Waals surface area contributed by atoms with Crippen LogP contribution in [0.5, 0.6) is 0 Å². The summed E-state index contributed by atoms with van der Waals surface area (Å²) < 4.78 is 59.0. The van der Waals surface area contributed by atoms with Gasteiger partial charge in [0.1, 0.15) is 48.8 Å². The Bertz CT molecular complexity index is 2210. The van der Waals surface area contributed by atoms with Crippen molar-refractivity contribution >= 4 is 0 Å². The normalized spacial score (nSPS) is 25.6. The molecule has 2 N–H and O–H groups in total. The summed E-state index contributed by atoms with van der Waals surface area (Å²) >= 11 is 0. The number of hydrogen-bond acceptors (Lipinski definition) is 11. The van der Waals surface area contributed by atoms with E-state index in [9.17, 15) is 10.2 Å². The van der Waals surface area contributed by atoms with E-state index in [4.69, 9.17) is 42.6 Å². The van der Waals surface area contributed by atoms with Crippen LogP contribution in [0.15, 0.2) is 182 Å². The van der Waals surface area contributed by atoms with Crippen molar-refractivity contribution in [1.29, 1.82) is 0 Å². The fraction of sp³-hybridized carbons (Fsp3) is 0.333. The molecule has 2 aliphatic heterocycles. The molecule has 2 fully saturated rings. The lowest BCUT2D eigenvalue weighted by atomic mass is 9.96. The van der Waals surface area contributed by atoms with Crippen molar-refractivity contribution in [3.05, 3.63) is 215 Å². The standard InChI is InChI=1S/C54H58O11/c55-47-50(61-35-43-27-15-5-16-28-43)48(59-33-41-23-11-3-12-24-41)46(38-58-32-40-21-9-2-10-22-40)64-54(47)65-52-51(62-36-44-29-17-6-18-30-44)49(60-34-42-25-13-4-14-26-42)45(63-53(52)56)37-57-31-39-19-7-1-8-20-39/h1-30,45-56H,31-38H2/t45-,46-,47+,48-,49-,50-,51+,52-,53-,54+/m1/s1. The van der Waals surface area contributed by atoms with Gasteiger partial charge in [-0.25, -0.2) is 0 Å². The number of aliphatic hydroxyl groups excluding tert-OH is 2. The molecule has 0 bridgehead atoms. The Balaban J connectivity index is 1.09. The average molecular weight is 883 g/mol. The van der Waals surface area contributed by atoms with Gasteiger partial charge in [-0.1, -0.05) is 182 Å². The first kappa shape index (κ1) is 46.4. The lowest BCUT2D eigenvalue weighted by Crippen LogP contribution is -2.65. The van der Waals surface area contributed by atoms with E-state index >= 15 is 0 Å². The number of benzene rings is 6. The molecular formula is C54H58O11. The summed E-state index contributed by atoms with van der Waals surface area (Å²) in [6, 6.07) is 58.7. The lowest BCUT2D eigenvalue weighted by molar-refractivity contribution is -0.375. The second kappa shape index (κ2) is 24.4. The zero-order valence-electron chi connectivity index (χ0n) is 36.3. The Morgan fingerprint density at radius 3 is 1.03 bits per heavy atom. The predicted molar refractivity (Wildman–Crippen MR) is 243 cm³/mol. The van der Waals surface area contributed by atoms with Crippen LogP contribution < -0.4 is 0 Å². The highest BCUT2D eigenvalue weighted by Gasteiger charge is 2.53.